The molecular formula is C10H16N2OS. The van der Waals surface area contributed by atoms with Crippen LogP contribution >= 0.6 is 11.8 Å². The van der Waals surface area contributed by atoms with Crippen LogP contribution in [0.4, 0.5) is 0 Å². The molecule has 3 nitrogen and oxygen atoms in total. The molecule has 0 radical (unpaired) electrons. The fraction of sp³-hybridized carbons (Fsp3) is 0.500. The zero-order valence-electron chi connectivity index (χ0n) is 8.31. The monoisotopic (exact) mass is 212 g/mol. The maximum Gasteiger partial charge on any atom is 0.0960 e. The van der Waals surface area contributed by atoms with Gasteiger partial charge < -0.3 is 10.4 Å². The summed E-state index contributed by atoms with van der Waals surface area (Å²) in [6, 6.07) is 6.01. The van der Waals surface area contributed by atoms with Crippen LogP contribution in [0.25, 0.3) is 0 Å². The summed E-state index contributed by atoms with van der Waals surface area (Å²) in [5.74, 6) is 0.849. The molecule has 1 aromatic heterocycles. The molecule has 0 fully saturated rings. The third kappa shape index (κ3) is 4.09. The minimum Gasteiger partial charge on any atom is -0.395 e. The standard InChI is InChI=1S/C10H16N2OS/c1-2-11-9(7-13)8-14-10-5-3-4-6-12-10/h3-6,9,11,13H,2,7-8H2,1H3. The smallest absolute Gasteiger partial charge is 0.0960 e. The Hall–Kier alpha value is -0.580. The Morgan fingerprint density at radius 1 is 1.57 bits per heavy atom. The molecule has 1 aromatic rings. The number of aliphatic hydroxyl groups is 1. The molecule has 2 N–H and O–H groups in total. The summed E-state index contributed by atoms with van der Waals surface area (Å²) in [6.07, 6.45) is 1.78. The normalized spacial score (nSPS) is 12.7. The van der Waals surface area contributed by atoms with Crippen LogP contribution in [0.5, 0.6) is 0 Å². The zero-order valence-corrected chi connectivity index (χ0v) is 9.13. The second-order valence-electron chi connectivity index (χ2n) is 2.92. The van der Waals surface area contributed by atoms with Crippen molar-refractivity contribution in [2.45, 2.75) is 18.0 Å². The number of likely N-dealkylation sites (N-methyl/N-ethyl adjacent to an activating group) is 1. The SMILES string of the molecule is CCNC(CO)CSc1ccccn1. The summed E-state index contributed by atoms with van der Waals surface area (Å²) in [7, 11) is 0. The van der Waals surface area contributed by atoms with Gasteiger partial charge in [-0.05, 0) is 18.7 Å². The van der Waals surface area contributed by atoms with E-state index in [0.717, 1.165) is 17.3 Å². The fourth-order valence-corrected chi connectivity index (χ4v) is 1.99. The average molecular weight is 212 g/mol. The van der Waals surface area contributed by atoms with Crippen molar-refractivity contribution in [3.05, 3.63) is 24.4 Å². The molecule has 0 amide bonds. The van der Waals surface area contributed by atoms with E-state index in [1.54, 1.807) is 18.0 Å². The van der Waals surface area contributed by atoms with Crippen molar-refractivity contribution in [1.82, 2.24) is 10.3 Å². The van der Waals surface area contributed by atoms with Crippen molar-refractivity contribution < 1.29 is 5.11 Å². The Bertz CT molecular complexity index is 243. The minimum absolute atomic E-state index is 0.159. The fourth-order valence-electron chi connectivity index (χ4n) is 1.08. The van der Waals surface area contributed by atoms with E-state index >= 15 is 0 Å². The van der Waals surface area contributed by atoms with E-state index in [1.807, 2.05) is 25.1 Å². The first-order valence-electron chi connectivity index (χ1n) is 4.75. The first kappa shape index (κ1) is 11.5. The highest BCUT2D eigenvalue weighted by molar-refractivity contribution is 7.99. The maximum atomic E-state index is 9.04. The number of aliphatic hydroxyl groups excluding tert-OH is 1. The van der Waals surface area contributed by atoms with E-state index in [1.165, 1.54) is 0 Å². The summed E-state index contributed by atoms with van der Waals surface area (Å²) in [5.41, 5.74) is 0. The molecule has 78 valence electrons. The lowest BCUT2D eigenvalue weighted by atomic mass is 10.4. The van der Waals surface area contributed by atoms with Crippen molar-refractivity contribution >= 4 is 11.8 Å². The predicted octanol–water partition coefficient (Wildman–Crippen LogP) is 1.14. The number of pyridine rings is 1. The average Bonchev–Trinajstić information content (AvgIpc) is 2.25. The molecule has 0 saturated heterocycles. The Morgan fingerprint density at radius 2 is 2.43 bits per heavy atom. The molecule has 0 aliphatic heterocycles. The highest BCUT2D eigenvalue weighted by atomic mass is 32.2. The lowest BCUT2D eigenvalue weighted by Crippen LogP contribution is -2.34. The highest BCUT2D eigenvalue weighted by Crippen LogP contribution is 2.14. The van der Waals surface area contributed by atoms with Crippen LogP contribution in [0.15, 0.2) is 29.4 Å². The Labute approximate surface area is 88.9 Å². The Morgan fingerprint density at radius 3 is 3.00 bits per heavy atom. The van der Waals surface area contributed by atoms with Crippen LogP contribution in [0.3, 0.4) is 0 Å². The van der Waals surface area contributed by atoms with Gasteiger partial charge in [-0.15, -0.1) is 11.8 Å². The largest absolute Gasteiger partial charge is 0.395 e. The second kappa shape index (κ2) is 6.81. The third-order valence-electron chi connectivity index (χ3n) is 1.78. The Kier molecular flexibility index (Phi) is 5.59. The lowest BCUT2D eigenvalue weighted by Gasteiger charge is -2.13. The van der Waals surface area contributed by atoms with Gasteiger partial charge in [0.05, 0.1) is 11.6 Å². The summed E-state index contributed by atoms with van der Waals surface area (Å²) in [5, 5.41) is 13.2. The molecule has 1 unspecified atom stereocenters. The minimum atomic E-state index is 0.159. The number of nitrogens with one attached hydrogen (secondary N) is 1. The van der Waals surface area contributed by atoms with Gasteiger partial charge in [0.25, 0.3) is 0 Å². The summed E-state index contributed by atoms with van der Waals surface area (Å²) in [4.78, 5) is 4.20. The maximum absolute atomic E-state index is 9.04. The van der Waals surface area contributed by atoms with Crippen molar-refractivity contribution in [1.29, 1.82) is 0 Å². The van der Waals surface area contributed by atoms with Crippen LogP contribution in [0, 0.1) is 0 Å². The topological polar surface area (TPSA) is 45.1 Å². The first-order valence-corrected chi connectivity index (χ1v) is 5.73. The molecule has 1 rings (SSSR count). The number of aromatic nitrogens is 1. The van der Waals surface area contributed by atoms with Crippen LogP contribution in [0.2, 0.25) is 0 Å². The van der Waals surface area contributed by atoms with Gasteiger partial charge in [-0.3, -0.25) is 0 Å². The van der Waals surface area contributed by atoms with Crippen molar-refractivity contribution in [2.24, 2.45) is 0 Å². The summed E-state index contributed by atoms with van der Waals surface area (Å²) < 4.78 is 0. The number of hydrogen-bond acceptors (Lipinski definition) is 4. The molecule has 0 aliphatic carbocycles. The van der Waals surface area contributed by atoms with Crippen molar-refractivity contribution in [2.75, 3.05) is 18.9 Å². The Balaban J connectivity index is 2.32. The van der Waals surface area contributed by atoms with E-state index in [9.17, 15) is 0 Å². The number of hydrogen-bond donors (Lipinski definition) is 2. The van der Waals surface area contributed by atoms with Gasteiger partial charge in [0.15, 0.2) is 0 Å². The number of rotatable bonds is 6. The number of thioether (sulfide) groups is 1. The van der Waals surface area contributed by atoms with Gasteiger partial charge >= 0.3 is 0 Å². The van der Waals surface area contributed by atoms with E-state index in [-0.39, 0.29) is 12.6 Å². The van der Waals surface area contributed by atoms with Crippen LogP contribution in [-0.4, -0.2) is 35.0 Å². The zero-order chi connectivity index (χ0) is 10.2. The molecule has 1 heterocycles. The van der Waals surface area contributed by atoms with Gasteiger partial charge in [-0.25, -0.2) is 4.98 Å². The van der Waals surface area contributed by atoms with Crippen LogP contribution in [0.1, 0.15) is 6.92 Å². The molecule has 0 spiro atoms. The predicted molar refractivity (Wildman–Crippen MR) is 59.5 cm³/mol. The van der Waals surface area contributed by atoms with Crippen LogP contribution < -0.4 is 5.32 Å². The highest BCUT2D eigenvalue weighted by Gasteiger charge is 2.05. The lowest BCUT2D eigenvalue weighted by molar-refractivity contribution is 0.255. The molecule has 0 bridgehead atoms. The molecule has 0 saturated carbocycles. The molecular weight excluding hydrogens is 196 g/mol. The second-order valence-corrected chi connectivity index (χ2v) is 3.96. The number of nitrogens with zero attached hydrogens (tertiary/aromatic N) is 1. The molecule has 1 atom stereocenters. The van der Waals surface area contributed by atoms with E-state index in [4.69, 9.17) is 5.11 Å². The van der Waals surface area contributed by atoms with Crippen LogP contribution in [-0.2, 0) is 0 Å². The van der Waals surface area contributed by atoms with E-state index < -0.39 is 0 Å². The quantitative estimate of drug-likeness (QED) is 0.694. The van der Waals surface area contributed by atoms with Gasteiger partial charge in [-0.2, -0.15) is 0 Å². The van der Waals surface area contributed by atoms with E-state index in [0.29, 0.717) is 0 Å². The van der Waals surface area contributed by atoms with Crippen molar-refractivity contribution in [3.8, 4) is 0 Å². The van der Waals surface area contributed by atoms with Gasteiger partial charge in [0, 0.05) is 18.0 Å². The van der Waals surface area contributed by atoms with Crippen molar-refractivity contribution in [3.63, 3.8) is 0 Å². The van der Waals surface area contributed by atoms with Gasteiger partial charge in [0.1, 0.15) is 0 Å². The summed E-state index contributed by atoms with van der Waals surface area (Å²) in [6.45, 7) is 3.09. The molecule has 4 heteroatoms. The molecule has 0 aromatic carbocycles. The first-order chi connectivity index (χ1) is 6.86. The van der Waals surface area contributed by atoms with E-state index in [2.05, 4.69) is 10.3 Å². The molecule has 0 aliphatic rings. The van der Waals surface area contributed by atoms with Gasteiger partial charge in [-0.1, -0.05) is 13.0 Å². The van der Waals surface area contributed by atoms with Gasteiger partial charge in [0.2, 0.25) is 0 Å². The third-order valence-corrected chi connectivity index (χ3v) is 2.89. The molecule has 14 heavy (non-hydrogen) atoms. The summed E-state index contributed by atoms with van der Waals surface area (Å²) >= 11 is 1.66.